The number of hydrogen-bond donors (Lipinski definition) is 1. The lowest BCUT2D eigenvalue weighted by Gasteiger charge is -2.15. The number of nitrogen functional groups attached to an aromatic ring is 1. The third kappa shape index (κ3) is 3.24. The maximum atomic E-state index is 14.5. The summed E-state index contributed by atoms with van der Waals surface area (Å²) >= 11 is 0. The van der Waals surface area contributed by atoms with Crippen LogP contribution < -0.4 is 5.73 Å². The van der Waals surface area contributed by atoms with E-state index in [1.54, 1.807) is 0 Å². The van der Waals surface area contributed by atoms with Gasteiger partial charge in [0.1, 0.15) is 23.7 Å². The van der Waals surface area contributed by atoms with Gasteiger partial charge in [0, 0.05) is 17.3 Å². The number of benzene rings is 1. The number of rotatable bonds is 2. The number of aromatic nitrogens is 5. The molecule has 0 saturated heterocycles. The summed E-state index contributed by atoms with van der Waals surface area (Å²) in [4.78, 5) is 7.64. The average molecular weight is 406 g/mol. The molecule has 1 aromatic carbocycles. The molecule has 6 nitrogen and oxygen atoms in total. The van der Waals surface area contributed by atoms with E-state index in [0.717, 1.165) is 18.2 Å². The Labute approximate surface area is 159 Å². The van der Waals surface area contributed by atoms with Gasteiger partial charge >= 0.3 is 6.18 Å². The number of nitrogens with zero attached hydrogens (tertiary/aromatic N) is 5. The van der Waals surface area contributed by atoms with Crippen molar-refractivity contribution < 1.29 is 22.0 Å². The van der Waals surface area contributed by atoms with Gasteiger partial charge in [0.25, 0.3) is 0 Å². The Morgan fingerprint density at radius 1 is 1.03 bits per heavy atom. The van der Waals surface area contributed by atoms with Gasteiger partial charge < -0.3 is 5.73 Å². The van der Waals surface area contributed by atoms with Gasteiger partial charge in [-0.25, -0.2) is 18.7 Å². The Kier molecular flexibility index (Phi) is 4.17. The Balaban J connectivity index is 2.10. The minimum Gasteiger partial charge on any atom is -0.369 e. The molecule has 3 aromatic heterocycles. The molecule has 2 N–H and O–H groups in total. The molecule has 0 radical (unpaired) electrons. The van der Waals surface area contributed by atoms with Crippen LogP contribution in [0.15, 0.2) is 36.7 Å². The van der Waals surface area contributed by atoms with Crippen LogP contribution in [0.4, 0.5) is 27.9 Å². The zero-order chi connectivity index (χ0) is 20.9. The predicted octanol–water partition coefficient (Wildman–Crippen LogP) is 4.04. The molecule has 29 heavy (non-hydrogen) atoms. The number of anilines is 1. The van der Waals surface area contributed by atoms with Crippen molar-refractivity contribution in [1.29, 1.82) is 0 Å². The molecular weight excluding hydrogens is 395 g/mol. The lowest BCUT2D eigenvalue weighted by Crippen LogP contribution is -2.10. The fourth-order valence-electron chi connectivity index (χ4n) is 3.00. The molecule has 4 rings (SSSR count). The first kappa shape index (κ1) is 18.7. The molecule has 0 saturated carbocycles. The van der Waals surface area contributed by atoms with E-state index in [-0.39, 0.29) is 39.7 Å². The minimum atomic E-state index is -4.70. The van der Waals surface area contributed by atoms with E-state index in [1.165, 1.54) is 23.7 Å². The largest absolute Gasteiger partial charge is 0.433 e. The van der Waals surface area contributed by atoms with Crippen molar-refractivity contribution in [1.82, 2.24) is 24.6 Å². The van der Waals surface area contributed by atoms with Crippen LogP contribution in [0.25, 0.3) is 28.0 Å². The maximum absolute atomic E-state index is 14.5. The standard InChI is InChI=1S/C18H11F5N6/c1-8-4-9(5-13(26-8)18(21,22)23)14-15(11-3-2-10(19)6-12(11)20)27-17(24)29-7-25-28-16(14)29/h2-7H,1H3,(H2,24,27). The number of pyridine rings is 1. The third-order valence-corrected chi connectivity index (χ3v) is 4.20. The van der Waals surface area contributed by atoms with E-state index in [4.69, 9.17) is 5.73 Å². The van der Waals surface area contributed by atoms with Gasteiger partial charge in [-0.15, -0.1) is 10.2 Å². The first-order valence-electron chi connectivity index (χ1n) is 8.16. The van der Waals surface area contributed by atoms with Crippen LogP contribution in [0, 0.1) is 18.6 Å². The van der Waals surface area contributed by atoms with Crippen molar-refractivity contribution in [2.45, 2.75) is 13.1 Å². The first-order chi connectivity index (χ1) is 13.6. The molecule has 0 bridgehead atoms. The van der Waals surface area contributed by atoms with Gasteiger partial charge in [-0.05, 0) is 36.8 Å². The SMILES string of the molecule is Cc1cc(-c2c(-c3ccc(F)cc3F)nc(N)n3cnnc23)cc(C(F)(F)F)n1. The summed E-state index contributed by atoms with van der Waals surface area (Å²) in [5.41, 5.74) is 4.73. The summed E-state index contributed by atoms with van der Waals surface area (Å²) in [6.45, 7) is 1.39. The second-order valence-electron chi connectivity index (χ2n) is 6.22. The van der Waals surface area contributed by atoms with E-state index >= 15 is 0 Å². The monoisotopic (exact) mass is 406 g/mol. The number of nitrogens with two attached hydrogens (primary N) is 1. The fourth-order valence-corrected chi connectivity index (χ4v) is 3.00. The van der Waals surface area contributed by atoms with Gasteiger partial charge in [-0.3, -0.25) is 4.40 Å². The highest BCUT2D eigenvalue weighted by Crippen LogP contribution is 2.38. The number of hydrogen-bond acceptors (Lipinski definition) is 5. The lowest BCUT2D eigenvalue weighted by molar-refractivity contribution is -0.141. The number of aryl methyl sites for hydroxylation is 1. The van der Waals surface area contributed by atoms with E-state index < -0.39 is 23.5 Å². The van der Waals surface area contributed by atoms with Crippen LogP contribution in [0.5, 0.6) is 0 Å². The van der Waals surface area contributed by atoms with E-state index in [9.17, 15) is 22.0 Å². The van der Waals surface area contributed by atoms with Crippen LogP contribution in [-0.4, -0.2) is 24.6 Å². The molecule has 4 aromatic rings. The van der Waals surface area contributed by atoms with Crippen LogP contribution in [0.3, 0.4) is 0 Å². The van der Waals surface area contributed by atoms with Gasteiger partial charge in [0.15, 0.2) is 5.65 Å². The summed E-state index contributed by atoms with van der Waals surface area (Å²) < 4.78 is 68.9. The molecule has 148 valence electrons. The normalized spacial score (nSPS) is 11.9. The molecule has 0 unspecified atom stereocenters. The molecule has 3 heterocycles. The second kappa shape index (κ2) is 6.47. The summed E-state index contributed by atoms with van der Waals surface area (Å²) in [6, 6.07) is 4.96. The van der Waals surface area contributed by atoms with Crippen molar-refractivity contribution in [3.8, 4) is 22.4 Å². The Morgan fingerprint density at radius 3 is 2.48 bits per heavy atom. The van der Waals surface area contributed by atoms with Crippen molar-refractivity contribution in [3.63, 3.8) is 0 Å². The van der Waals surface area contributed by atoms with Gasteiger partial charge in [0.2, 0.25) is 5.95 Å². The Hall–Kier alpha value is -3.63. The average Bonchev–Trinajstić information content (AvgIpc) is 3.10. The van der Waals surface area contributed by atoms with Crippen LogP contribution >= 0.6 is 0 Å². The van der Waals surface area contributed by atoms with Crippen LogP contribution in [0.2, 0.25) is 0 Å². The highest BCUT2D eigenvalue weighted by molar-refractivity contribution is 5.91. The summed E-state index contributed by atoms with van der Waals surface area (Å²) in [5, 5.41) is 7.62. The van der Waals surface area contributed by atoms with Crippen molar-refractivity contribution in [2.24, 2.45) is 0 Å². The van der Waals surface area contributed by atoms with E-state index in [2.05, 4.69) is 20.2 Å². The number of alkyl halides is 3. The predicted molar refractivity (Wildman–Crippen MR) is 93.5 cm³/mol. The van der Waals surface area contributed by atoms with E-state index in [1.807, 2.05) is 0 Å². The highest BCUT2D eigenvalue weighted by atomic mass is 19.4. The first-order valence-corrected chi connectivity index (χ1v) is 8.16. The number of fused-ring (bicyclic) bond motifs is 1. The number of halogens is 5. The van der Waals surface area contributed by atoms with Crippen molar-refractivity contribution in [3.05, 3.63) is 59.7 Å². The van der Waals surface area contributed by atoms with Crippen molar-refractivity contribution in [2.75, 3.05) is 5.73 Å². The lowest BCUT2D eigenvalue weighted by atomic mass is 9.99. The maximum Gasteiger partial charge on any atom is 0.433 e. The fraction of sp³-hybridized carbons (Fsp3) is 0.111. The van der Waals surface area contributed by atoms with Gasteiger partial charge in [-0.2, -0.15) is 13.2 Å². The topological polar surface area (TPSA) is 82.0 Å². The molecule has 0 fully saturated rings. The molecule has 0 aliphatic rings. The van der Waals surface area contributed by atoms with Crippen molar-refractivity contribution >= 4 is 11.6 Å². The highest BCUT2D eigenvalue weighted by Gasteiger charge is 2.33. The smallest absolute Gasteiger partial charge is 0.369 e. The summed E-state index contributed by atoms with van der Waals surface area (Å²) in [6.07, 6.45) is -3.47. The van der Waals surface area contributed by atoms with Gasteiger partial charge in [-0.1, -0.05) is 0 Å². The molecule has 0 atom stereocenters. The molecule has 0 amide bonds. The molecule has 0 aliphatic heterocycles. The second-order valence-corrected chi connectivity index (χ2v) is 6.22. The molecule has 0 aliphatic carbocycles. The van der Waals surface area contributed by atoms with E-state index in [0.29, 0.717) is 6.07 Å². The van der Waals surface area contributed by atoms with Crippen LogP contribution in [-0.2, 0) is 6.18 Å². The zero-order valence-corrected chi connectivity index (χ0v) is 14.7. The van der Waals surface area contributed by atoms with Gasteiger partial charge in [0.05, 0.1) is 11.3 Å². The molecule has 11 heteroatoms. The Bertz CT molecular complexity index is 1250. The molecule has 0 spiro atoms. The Morgan fingerprint density at radius 2 is 1.79 bits per heavy atom. The van der Waals surface area contributed by atoms with Crippen LogP contribution in [0.1, 0.15) is 11.4 Å². The quantitative estimate of drug-likeness (QED) is 0.508. The zero-order valence-electron chi connectivity index (χ0n) is 14.7. The third-order valence-electron chi connectivity index (χ3n) is 4.20. The summed E-state index contributed by atoms with van der Waals surface area (Å²) in [7, 11) is 0. The summed E-state index contributed by atoms with van der Waals surface area (Å²) in [5.74, 6) is -1.89. The minimum absolute atomic E-state index is 0.0362. The molecular formula is C18H11F5N6.